The van der Waals surface area contributed by atoms with Gasteiger partial charge >= 0.3 is 5.69 Å². The molecule has 0 spiro atoms. The minimum absolute atomic E-state index is 0.0794. The Bertz CT molecular complexity index is 337. The monoisotopic (exact) mass is 169 g/mol. The Labute approximate surface area is 69.1 Å². The predicted octanol–water partition coefficient (Wildman–Crippen LogP) is -0.0974. The van der Waals surface area contributed by atoms with Crippen molar-refractivity contribution in [3.63, 3.8) is 0 Å². The second kappa shape index (κ2) is 3.34. The Kier molecular flexibility index (Phi) is 2.42. The summed E-state index contributed by atoms with van der Waals surface area (Å²) in [5.41, 5.74) is -0.801. The second-order valence-corrected chi connectivity index (χ2v) is 2.64. The summed E-state index contributed by atoms with van der Waals surface area (Å²) in [6.45, 7) is 3.73. The lowest BCUT2D eigenvalue weighted by atomic mass is 10.2. The van der Waals surface area contributed by atoms with Crippen molar-refractivity contribution in [1.29, 1.82) is 0 Å². The first-order valence-electron chi connectivity index (χ1n) is 3.83. The van der Waals surface area contributed by atoms with Crippen molar-refractivity contribution in [2.45, 2.75) is 26.3 Å². The van der Waals surface area contributed by atoms with Gasteiger partial charge in [-0.2, -0.15) is 5.10 Å². The molecule has 0 aliphatic rings. The SMILES string of the molecule is CC[C@H](C)n1c(=O)cn[nH]c1=O. The first-order valence-corrected chi connectivity index (χ1v) is 3.83. The number of hydrogen-bond donors (Lipinski definition) is 1. The first-order chi connectivity index (χ1) is 5.66. The van der Waals surface area contributed by atoms with Crippen LogP contribution in [0.1, 0.15) is 26.3 Å². The number of rotatable bonds is 2. The highest BCUT2D eigenvalue weighted by Gasteiger charge is 2.06. The molecule has 0 saturated carbocycles. The average molecular weight is 169 g/mol. The van der Waals surface area contributed by atoms with Gasteiger partial charge in [0.1, 0.15) is 6.20 Å². The molecule has 5 heteroatoms. The molecule has 0 aliphatic carbocycles. The van der Waals surface area contributed by atoms with Crippen LogP contribution < -0.4 is 11.2 Å². The van der Waals surface area contributed by atoms with E-state index in [0.29, 0.717) is 0 Å². The molecule has 0 saturated heterocycles. The summed E-state index contributed by atoms with van der Waals surface area (Å²) in [7, 11) is 0. The maximum atomic E-state index is 11.1. The third kappa shape index (κ3) is 1.44. The topological polar surface area (TPSA) is 67.8 Å². The van der Waals surface area contributed by atoms with Crippen LogP contribution in [-0.2, 0) is 0 Å². The normalized spacial score (nSPS) is 12.8. The maximum Gasteiger partial charge on any atom is 0.345 e. The van der Waals surface area contributed by atoms with Gasteiger partial charge in [0.25, 0.3) is 5.56 Å². The van der Waals surface area contributed by atoms with E-state index in [9.17, 15) is 9.59 Å². The average Bonchev–Trinajstić information content (AvgIpc) is 2.03. The fraction of sp³-hybridized carbons (Fsp3) is 0.571. The van der Waals surface area contributed by atoms with Crippen molar-refractivity contribution >= 4 is 0 Å². The Morgan fingerprint density at radius 2 is 2.33 bits per heavy atom. The standard InChI is InChI=1S/C7H11N3O2/c1-3-5(2)10-6(11)4-8-9-7(10)12/h4-5H,3H2,1-2H3,(H,9,12)/t5-/m0/s1. The van der Waals surface area contributed by atoms with E-state index in [1.54, 1.807) is 0 Å². The number of H-pyrrole nitrogens is 1. The van der Waals surface area contributed by atoms with E-state index in [4.69, 9.17) is 0 Å². The number of aromatic amines is 1. The zero-order chi connectivity index (χ0) is 9.14. The van der Waals surface area contributed by atoms with Gasteiger partial charge in [0.05, 0.1) is 0 Å². The summed E-state index contributed by atoms with van der Waals surface area (Å²) < 4.78 is 1.16. The van der Waals surface area contributed by atoms with Gasteiger partial charge in [-0.3, -0.25) is 9.36 Å². The van der Waals surface area contributed by atoms with E-state index in [-0.39, 0.29) is 11.6 Å². The van der Waals surface area contributed by atoms with E-state index in [1.165, 1.54) is 0 Å². The van der Waals surface area contributed by atoms with Crippen LogP contribution in [0.4, 0.5) is 0 Å². The molecule has 1 aromatic rings. The molecule has 1 aromatic heterocycles. The lowest BCUT2D eigenvalue weighted by molar-refractivity contribution is 0.481. The zero-order valence-corrected chi connectivity index (χ0v) is 7.07. The molecule has 1 heterocycles. The largest absolute Gasteiger partial charge is 0.345 e. The van der Waals surface area contributed by atoms with Crippen molar-refractivity contribution in [2.75, 3.05) is 0 Å². The van der Waals surface area contributed by atoms with E-state index < -0.39 is 5.69 Å². The van der Waals surface area contributed by atoms with Gasteiger partial charge in [-0.25, -0.2) is 9.89 Å². The van der Waals surface area contributed by atoms with Gasteiger partial charge in [-0.15, -0.1) is 0 Å². The Balaban J connectivity index is 3.31. The molecule has 1 N–H and O–H groups in total. The van der Waals surface area contributed by atoms with Crippen LogP contribution in [0.5, 0.6) is 0 Å². The zero-order valence-electron chi connectivity index (χ0n) is 7.07. The molecular weight excluding hydrogens is 158 g/mol. The fourth-order valence-corrected chi connectivity index (χ4v) is 0.959. The van der Waals surface area contributed by atoms with Crippen LogP contribution in [0.3, 0.4) is 0 Å². The van der Waals surface area contributed by atoms with Gasteiger partial charge in [-0.1, -0.05) is 6.92 Å². The smallest absolute Gasteiger partial charge is 0.267 e. The van der Waals surface area contributed by atoms with Gasteiger partial charge in [0, 0.05) is 6.04 Å². The van der Waals surface area contributed by atoms with Crippen LogP contribution in [0.25, 0.3) is 0 Å². The van der Waals surface area contributed by atoms with Crippen molar-refractivity contribution < 1.29 is 0 Å². The van der Waals surface area contributed by atoms with Crippen molar-refractivity contribution in [1.82, 2.24) is 14.8 Å². The highest BCUT2D eigenvalue weighted by molar-refractivity contribution is 4.77. The summed E-state index contributed by atoms with van der Waals surface area (Å²) >= 11 is 0. The van der Waals surface area contributed by atoms with E-state index in [1.807, 2.05) is 13.8 Å². The molecular formula is C7H11N3O2. The van der Waals surface area contributed by atoms with E-state index in [2.05, 4.69) is 10.2 Å². The number of nitrogens with zero attached hydrogens (tertiary/aromatic N) is 2. The Morgan fingerprint density at radius 3 is 2.83 bits per heavy atom. The third-order valence-corrected chi connectivity index (χ3v) is 1.82. The van der Waals surface area contributed by atoms with Gasteiger partial charge in [0.2, 0.25) is 0 Å². The fourth-order valence-electron chi connectivity index (χ4n) is 0.959. The number of aromatic nitrogens is 3. The lowest BCUT2D eigenvalue weighted by Crippen LogP contribution is -2.37. The molecule has 0 aromatic carbocycles. The number of nitrogens with one attached hydrogen (secondary N) is 1. The molecule has 12 heavy (non-hydrogen) atoms. The summed E-state index contributed by atoms with van der Waals surface area (Å²) in [6, 6.07) is -0.0794. The van der Waals surface area contributed by atoms with Gasteiger partial charge < -0.3 is 0 Å². The Morgan fingerprint density at radius 1 is 1.67 bits per heavy atom. The highest BCUT2D eigenvalue weighted by Crippen LogP contribution is 2.01. The first kappa shape index (κ1) is 8.70. The molecule has 1 atom stereocenters. The second-order valence-electron chi connectivity index (χ2n) is 2.64. The van der Waals surface area contributed by atoms with Crippen molar-refractivity contribution in [3.8, 4) is 0 Å². The molecule has 0 aliphatic heterocycles. The van der Waals surface area contributed by atoms with Crippen LogP contribution in [0.2, 0.25) is 0 Å². The van der Waals surface area contributed by atoms with Crippen molar-refractivity contribution in [3.05, 3.63) is 27.0 Å². The highest BCUT2D eigenvalue weighted by atomic mass is 16.2. The molecule has 0 radical (unpaired) electrons. The minimum atomic E-state index is -0.447. The molecule has 1 rings (SSSR count). The van der Waals surface area contributed by atoms with Crippen LogP contribution in [0, 0.1) is 0 Å². The molecule has 0 amide bonds. The summed E-state index contributed by atoms with van der Waals surface area (Å²) in [5, 5.41) is 5.60. The van der Waals surface area contributed by atoms with Crippen molar-refractivity contribution in [2.24, 2.45) is 0 Å². The van der Waals surface area contributed by atoms with Gasteiger partial charge in [0.15, 0.2) is 0 Å². The molecule has 0 fully saturated rings. The summed E-state index contributed by atoms with van der Waals surface area (Å²) in [5.74, 6) is 0. The van der Waals surface area contributed by atoms with Gasteiger partial charge in [-0.05, 0) is 13.3 Å². The molecule has 66 valence electrons. The van der Waals surface area contributed by atoms with E-state index >= 15 is 0 Å². The molecule has 5 nitrogen and oxygen atoms in total. The number of hydrogen-bond acceptors (Lipinski definition) is 3. The van der Waals surface area contributed by atoms with E-state index in [0.717, 1.165) is 17.2 Å². The molecule has 0 bridgehead atoms. The lowest BCUT2D eigenvalue weighted by Gasteiger charge is -2.09. The Hall–Kier alpha value is -1.39. The quantitative estimate of drug-likeness (QED) is 0.672. The van der Waals surface area contributed by atoms with Crippen LogP contribution in [0.15, 0.2) is 15.8 Å². The molecule has 0 unspecified atom stereocenters. The summed E-state index contributed by atoms with van der Waals surface area (Å²) in [6.07, 6.45) is 1.85. The third-order valence-electron chi connectivity index (χ3n) is 1.82. The maximum absolute atomic E-state index is 11.1. The minimum Gasteiger partial charge on any atom is -0.267 e. The predicted molar refractivity (Wildman–Crippen MR) is 44.1 cm³/mol. The van der Waals surface area contributed by atoms with Crippen LogP contribution >= 0.6 is 0 Å². The van der Waals surface area contributed by atoms with Crippen LogP contribution in [-0.4, -0.2) is 14.8 Å². The summed E-state index contributed by atoms with van der Waals surface area (Å²) in [4.78, 5) is 22.2.